The Balaban J connectivity index is 1.96. The maximum atomic E-state index is 9.90. The fraction of sp³-hybridized carbons (Fsp3) is 1.00. The zero-order chi connectivity index (χ0) is 12.6. The van der Waals surface area contributed by atoms with E-state index in [9.17, 15) is 10.2 Å². The molecule has 5 atom stereocenters. The van der Waals surface area contributed by atoms with Crippen LogP contribution in [-0.4, -0.2) is 58.8 Å². The number of nitrogens with two attached hydrogens (primary N) is 2. The van der Waals surface area contributed by atoms with Crippen molar-refractivity contribution in [1.29, 1.82) is 0 Å². The first-order valence-electron chi connectivity index (χ1n) is 5.83. The van der Waals surface area contributed by atoms with E-state index in [2.05, 4.69) is 10.7 Å². The van der Waals surface area contributed by atoms with Crippen LogP contribution in [0.4, 0.5) is 0 Å². The molecule has 0 aliphatic carbocycles. The SMILES string of the molecule is CC[C@H]1O[C@@H](N2CNC(C(N)N)N2)[C@H](O)[C@@H]1O. The minimum atomic E-state index is -0.943. The molecule has 0 amide bonds. The number of hydrogen-bond acceptors (Lipinski definition) is 8. The van der Waals surface area contributed by atoms with Gasteiger partial charge in [0.15, 0.2) is 6.23 Å². The molecule has 0 aromatic carbocycles. The highest BCUT2D eigenvalue weighted by Crippen LogP contribution is 2.25. The number of hydrogen-bond donors (Lipinski definition) is 6. The van der Waals surface area contributed by atoms with Crippen molar-refractivity contribution in [3.63, 3.8) is 0 Å². The van der Waals surface area contributed by atoms with E-state index in [0.29, 0.717) is 13.1 Å². The smallest absolute Gasteiger partial charge is 0.153 e. The molecule has 2 saturated heterocycles. The lowest BCUT2D eigenvalue weighted by atomic mass is 10.1. The first-order chi connectivity index (χ1) is 8.04. The molecule has 100 valence electrons. The molecule has 8 N–H and O–H groups in total. The molecular weight excluding hydrogens is 226 g/mol. The van der Waals surface area contributed by atoms with Crippen molar-refractivity contribution in [2.75, 3.05) is 6.67 Å². The summed E-state index contributed by atoms with van der Waals surface area (Å²) in [5, 5.41) is 24.4. The third-order valence-corrected chi connectivity index (χ3v) is 3.22. The molecule has 0 aromatic rings. The highest BCUT2D eigenvalue weighted by molar-refractivity contribution is 4.91. The molecule has 2 aliphatic rings. The van der Waals surface area contributed by atoms with Crippen molar-refractivity contribution in [1.82, 2.24) is 15.8 Å². The molecule has 0 spiro atoms. The van der Waals surface area contributed by atoms with Gasteiger partial charge in [-0.25, -0.2) is 5.43 Å². The molecule has 2 heterocycles. The maximum absolute atomic E-state index is 9.90. The van der Waals surface area contributed by atoms with Gasteiger partial charge in [0.2, 0.25) is 0 Å². The summed E-state index contributed by atoms with van der Waals surface area (Å²) < 4.78 is 5.59. The van der Waals surface area contributed by atoms with Gasteiger partial charge in [-0.15, -0.1) is 0 Å². The van der Waals surface area contributed by atoms with Gasteiger partial charge in [-0.3, -0.25) is 5.32 Å². The number of aliphatic hydroxyl groups is 2. The van der Waals surface area contributed by atoms with Crippen LogP contribution in [0.1, 0.15) is 13.3 Å². The summed E-state index contributed by atoms with van der Waals surface area (Å²) >= 11 is 0. The Morgan fingerprint density at radius 1 is 1.41 bits per heavy atom. The van der Waals surface area contributed by atoms with Gasteiger partial charge in [0.05, 0.1) is 18.9 Å². The molecule has 8 nitrogen and oxygen atoms in total. The molecule has 2 rings (SSSR count). The Morgan fingerprint density at radius 3 is 2.59 bits per heavy atom. The van der Waals surface area contributed by atoms with E-state index in [1.165, 1.54) is 0 Å². The third kappa shape index (κ3) is 2.44. The van der Waals surface area contributed by atoms with Crippen LogP contribution >= 0.6 is 0 Å². The quantitative estimate of drug-likeness (QED) is 0.287. The molecule has 17 heavy (non-hydrogen) atoms. The monoisotopic (exact) mass is 247 g/mol. The van der Waals surface area contributed by atoms with Gasteiger partial charge in [-0.2, -0.15) is 5.01 Å². The van der Waals surface area contributed by atoms with E-state index in [0.717, 1.165) is 0 Å². The summed E-state index contributed by atoms with van der Waals surface area (Å²) in [6, 6.07) is 0. The average molecular weight is 247 g/mol. The molecule has 0 aromatic heterocycles. The predicted octanol–water partition coefficient (Wildman–Crippen LogP) is -3.22. The summed E-state index contributed by atoms with van der Waals surface area (Å²) in [5.41, 5.74) is 14.1. The van der Waals surface area contributed by atoms with Gasteiger partial charge >= 0.3 is 0 Å². The van der Waals surface area contributed by atoms with Crippen LogP contribution in [0.5, 0.6) is 0 Å². The first-order valence-corrected chi connectivity index (χ1v) is 5.83. The van der Waals surface area contributed by atoms with Crippen LogP contribution in [0.25, 0.3) is 0 Å². The lowest BCUT2D eigenvalue weighted by Crippen LogP contribution is -2.56. The van der Waals surface area contributed by atoms with E-state index in [1.54, 1.807) is 5.01 Å². The molecule has 0 bridgehead atoms. The first kappa shape index (κ1) is 13.1. The normalized spacial score (nSPS) is 43.8. The van der Waals surface area contributed by atoms with Gasteiger partial charge < -0.3 is 26.4 Å². The van der Waals surface area contributed by atoms with E-state index < -0.39 is 24.6 Å². The second-order valence-electron chi connectivity index (χ2n) is 4.47. The second kappa shape index (κ2) is 5.12. The predicted molar refractivity (Wildman–Crippen MR) is 59.9 cm³/mol. The van der Waals surface area contributed by atoms with Gasteiger partial charge in [-0.1, -0.05) is 6.92 Å². The van der Waals surface area contributed by atoms with E-state index >= 15 is 0 Å². The number of nitrogens with zero attached hydrogens (tertiary/aromatic N) is 1. The van der Waals surface area contributed by atoms with Gasteiger partial charge in [0.25, 0.3) is 0 Å². The molecule has 2 fully saturated rings. The Morgan fingerprint density at radius 2 is 2.12 bits per heavy atom. The molecule has 8 heteroatoms. The molecule has 0 saturated carbocycles. The van der Waals surface area contributed by atoms with E-state index in [4.69, 9.17) is 16.2 Å². The van der Waals surface area contributed by atoms with Crippen LogP contribution in [0.15, 0.2) is 0 Å². The summed E-state index contributed by atoms with van der Waals surface area (Å²) in [5.74, 6) is 0. The Hall–Kier alpha value is -0.320. The van der Waals surface area contributed by atoms with Crippen molar-refractivity contribution in [3.8, 4) is 0 Å². The minimum Gasteiger partial charge on any atom is -0.388 e. The van der Waals surface area contributed by atoms with Crippen molar-refractivity contribution in [2.45, 2.75) is 50.2 Å². The second-order valence-corrected chi connectivity index (χ2v) is 4.47. The molecular formula is C9H21N5O3. The maximum Gasteiger partial charge on any atom is 0.153 e. The molecule has 0 radical (unpaired) electrons. The highest BCUT2D eigenvalue weighted by Gasteiger charge is 2.46. The number of aliphatic hydroxyl groups excluding tert-OH is 2. The van der Waals surface area contributed by atoms with Crippen molar-refractivity contribution < 1.29 is 14.9 Å². The van der Waals surface area contributed by atoms with Gasteiger partial charge in [-0.05, 0) is 6.42 Å². The fourth-order valence-electron chi connectivity index (χ4n) is 2.18. The summed E-state index contributed by atoms with van der Waals surface area (Å²) in [6.45, 7) is 2.34. The number of rotatable bonds is 3. The van der Waals surface area contributed by atoms with Crippen molar-refractivity contribution in [2.24, 2.45) is 11.5 Å². The minimum absolute atomic E-state index is 0.261. The lowest BCUT2D eigenvalue weighted by Gasteiger charge is -2.26. The third-order valence-electron chi connectivity index (χ3n) is 3.22. The average Bonchev–Trinajstić information content (AvgIpc) is 2.87. The standard InChI is InChI=1S/C9H21N5O3/c1-2-4-5(15)6(16)9(17-4)14-3-12-8(13-14)7(10)11/h4-9,12-13,15-16H,2-3,10-11H2,1H3/t4-,5-,6-,8?,9-/m1/s1. The number of hydrazine groups is 1. The van der Waals surface area contributed by atoms with Gasteiger partial charge in [0.1, 0.15) is 18.4 Å². The van der Waals surface area contributed by atoms with E-state index in [-0.39, 0.29) is 12.3 Å². The summed E-state index contributed by atoms with van der Waals surface area (Å²) in [7, 11) is 0. The van der Waals surface area contributed by atoms with Crippen molar-refractivity contribution >= 4 is 0 Å². The van der Waals surface area contributed by atoms with Crippen LogP contribution in [0, 0.1) is 0 Å². The van der Waals surface area contributed by atoms with Crippen LogP contribution in [0.2, 0.25) is 0 Å². The topological polar surface area (TPSA) is 129 Å². The number of nitrogens with one attached hydrogen (secondary N) is 2. The zero-order valence-corrected chi connectivity index (χ0v) is 9.78. The Labute approximate surface area is 99.9 Å². The van der Waals surface area contributed by atoms with Crippen LogP contribution in [0.3, 0.4) is 0 Å². The molecule has 1 unspecified atom stereocenters. The Kier molecular flexibility index (Phi) is 3.95. The summed E-state index contributed by atoms with van der Waals surface area (Å²) in [6.07, 6.45) is -2.91. The fourth-order valence-corrected chi connectivity index (χ4v) is 2.18. The van der Waals surface area contributed by atoms with Gasteiger partial charge in [0, 0.05) is 0 Å². The van der Waals surface area contributed by atoms with Crippen LogP contribution < -0.4 is 22.2 Å². The largest absolute Gasteiger partial charge is 0.388 e. The highest BCUT2D eigenvalue weighted by atomic mass is 16.6. The number of ether oxygens (including phenoxy) is 1. The van der Waals surface area contributed by atoms with Crippen LogP contribution in [-0.2, 0) is 4.74 Å². The lowest BCUT2D eigenvalue weighted by molar-refractivity contribution is -0.102. The zero-order valence-electron chi connectivity index (χ0n) is 9.78. The molecule has 2 aliphatic heterocycles. The van der Waals surface area contributed by atoms with Crippen molar-refractivity contribution in [3.05, 3.63) is 0 Å². The Bertz CT molecular complexity index is 267. The summed E-state index contributed by atoms with van der Waals surface area (Å²) in [4.78, 5) is 0. The van der Waals surface area contributed by atoms with E-state index in [1.807, 2.05) is 6.92 Å².